The number of aromatic nitrogens is 2. The van der Waals surface area contributed by atoms with Crippen LogP contribution in [-0.2, 0) is 31.6 Å². The van der Waals surface area contributed by atoms with Gasteiger partial charge in [-0.25, -0.2) is 22.5 Å². The summed E-state index contributed by atoms with van der Waals surface area (Å²) in [5, 5.41) is 10.4. The zero-order chi connectivity index (χ0) is 24.0. The van der Waals surface area contributed by atoms with Crippen molar-refractivity contribution in [3.8, 4) is 0 Å². The van der Waals surface area contributed by atoms with Gasteiger partial charge in [-0.2, -0.15) is 8.62 Å². The molecule has 0 aromatic carbocycles. The van der Waals surface area contributed by atoms with Crippen LogP contribution in [0.2, 0.25) is 0 Å². The molecule has 31 heavy (non-hydrogen) atoms. The van der Waals surface area contributed by atoms with Crippen molar-refractivity contribution in [3.05, 3.63) is 21.4 Å². The van der Waals surface area contributed by atoms with E-state index in [2.05, 4.69) is 30.3 Å². The van der Waals surface area contributed by atoms with Gasteiger partial charge in [0.05, 0.1) is 6.61 Å². The number of rotatable bonds is 8. The van der Waals surface area contributed by atoms with E-state index in [0.717, 1.165) is 17.7 Å². The SMILES string of the molecule is C[C@@]1(O)C(F)[C@@H](COP(=O)(O)OP(=O)(O)OP(=O)(O)O)O[C@H]1n1cc(F)c(=S)[nH]c1=S. The number of phosphoric acid groups is 3. The smallest absolute Gasteiger partial charge is 0.382 e. The standard InChI is InChI=1S/C10H15F2N2O12P3S2/c1-10(15)6(12)5(24-8(10)14-2-4(11)7(30)13-9(14)31)3-23-28(19,20)26-29(21,22)25-27(16,17)18/h2,5-6,8,15H,3H2,1H3,(H,19,20)(H,21,22)(H,13,30,31)(H2,16,17,18)/t5-,6?,8-,10-/m1/s1. The second-order valence-electron chi connectivity index (χ2n) is 6.18. The molecule has 1 fully saturated rings. The molecule has 2 heterocycles. The van der Waals surface area contributed by atoms with E-state index in [1.165, 1.54) is 0 Å². The summed E-state index contributed by atoms with van der Waals surface area (Å²) in [5.41, 5.74) is -2.37. The highest BCUT2D eigenvalue weighted by Gasteiger charge is 2.55. The Morgan fingerprint density at radius 1 is 1.23 bits per heavy atom. The summed E-state index contributed by atoms with van der Waals surface area (Å²) in [4.78, 5) is 37.7. The molecule has 0 amide bonds. The summed E-state index contributed by atoms with van der Waals surface area (Å²) in [6, 6.07) is 0. The number of H-pyrrole nitrogens is 1. The molecule has 0 aliphatic carbocycles. The number of phosphoric ester groups is 1. The Kier molecular flexibility index (Phi) is 7.96. The molecule has 21 heteroatoms. The first-order valence-corrected chi connectivity index (χ1v) is 13.0. The molecule has 1 aliphatic rings. The molecule has 178 valence electrons. The number of aromatic amines is 1. The lowest BCUT2D eigenvalue weighted by molar-refractivity contribution is -0.0924. The third-order valence-electron chi connectivity index (χ3n) is 3.68. The molecule has 1 aromatic heterocycles. The van der Waals surface area contributed by atoms with Gasteiger partial charge < -0.3 is 34.4 Å². The van der Waals surface area contributed by atoms with Crippen molar-refractivity contribution in [1.82, 2.24) is 9.55 Å². The number of alkyl halides is 1. The number of halogens is 2. The minimum atomic E-state index is -5.77. The Morgan fingerprint density at radius 3 is 2.35 bits per heavy atom. The largest absolute Gasteiger partial charge is 0.490 e. The van der Waals surface area contributed by atoms with Gasteiger partial charge in [-0.05, 0) is 19.1 Å². The fraction of sp³-hybridized carbons (Fsp3) is 0.600. The third kappa shape index (κ3) is 6.85. The molecule has 2 rings (SSSR count). The summed E-state index contributed by atoms with van der Waals surface area (Å²) in [6.45, 7) is -0.218. The zero-order valence-corrected chi connectivity index (χ0v) is 19.3. The second-order valence-corrected chi connectivity index (χ2v) is 11.4. The van der Waals surface area contributed by atoms with Crippen LogP contribution in [0, 0.1) is 15.2 Å². The third-order valence-corrected chi connectivity index (χ3v) is 8.10. The number of nitrogens with one attached hydrogen (secondary N) is 1. The van der Waals surface area contributed by atoms with Crippen LogP contribution in [-0.4, -0.2) is 58.7 Å². The molecule has 0 spiro atoms. The van der Waals surface area contributed by atoms with E-state index in [4.69, 9.17) is 31.6 Å². The Labute approximate surface area is 181 Å². The fourth-order valence-corrected chi connectivity index (χ4v) is 5.96. The van der Waals surface area contributed by atoms with Crippen LogP contribution in [0.4, 0.5) is 8.78 Å². The van der Waals surface area contributed by atoms with Crippen molar-refractivity contribution in [2.75, 3.05) is 6.61 Å². The Bertz CT molecular complexity index is 1100. The van der Waals surface area contributed by atoms with Crippen molar-refractivity contribution < 1.29 is 65.0 Å². The predicted octanol–water partition coefficient (Wildman–Crippen LogP) is 1.74. The van der Waals surface area contributed by atoms with Crippen LogP contribution in [0.1, 0.15) is 13.2 Å². The predicted molar refractivity (Wildman–Crippen MR) is 99.7 cm³/mol. The summed E-state index contributed by atoms with van der Waals surface area (Å²) in [7, 11) is -16.9. The van der Waals surface area contributed by atoms with Crippen LogP contribution < -0.4 is 0 Å². The second kappa shape index (κ2) is 9.16. The lowest BCUT2D eigenvalue weighted by Crippen LogP contribution is -2.42. The summed E-state index contributed by atoms with van der Waals surface area (Å²) in [5.74, 6) is -0.977. The van der Waals surface area contributed by atoms with E-state index in [9.17, 15) is 32.5 Å². The van der Waals surface area contributed by atoms with Crippen molar-refractivity contribution >= 4 is 47.9 Å². The molecule has 1 aliphatic heterocycles. The molecule has 0 saturated carbocycles. The van der Waals surface area contributed by atoms with Gasteiger partial charge in [0.25, 0.3) is 0 Å². The maximum absolute atomic E-state index is 14.7. The van der Waals surface area contributed by atoms with Crippen LogP contribution in [0.3, 0.4) is 0 Å². The summed E-state index contributed by atoms with van der Waals surface area (Å²) < 4.78 is 78.8. The van der Waals surface area contributed by atoms with Gasteiger partial charge in [0, 0.05) is 6.20 Å². The average Bonchev–Trinajstić information content (AvgIpc) is 2.76. The highest BCUT2D eigenvalue weighted by atomic mass is 32.1. The molecule has 0 radical (unpaired) electrons. The lowest BCUT2D eigenvalue weighted by atomic mass is 9.98. The maximum atomic E-state index is 14.7. The zero-order valence-electron chi connectivity index (χ0n) is 15.0. The number of nitrogens with zero attached hydrogens (tertiary/aromatic N) is 1. The number of hydrogen-bond donors (Lipinski definition) is 6. The van der Waals surface area contributed by atoms with Crippen molar-refractivity contribution in [3.63, 3.8) is 0 Å². The summed E-state index contributed by atoms with van der Waals surface area (Å²) in [6.07, 6.45) is -5.06. The van der Waals surface area contributed by atoms with E-state index in [-0.39, 0.29) is 9.41 Å². The monoisotopic (exact) mass is 550 g/mol. The van der Waals surface area contributed by atoms with Crippen molar-refractivity contribution in [2.24, 2.45) is 0 Å². The Morgan fingerprint density at radius 2 is 1.81 bits per heavy atom. The highest BCUT2D eigenvalue weighted by Crippen LogP contribution is 2.66. The first kappa shape index (κ1) is 27.0. The average molecular weight is 550 g/mol. The van der Waals surface area contributed by atoms with Gasteiger partial charge in [-0.15, -0.1) is 0 Å². The topological polar surface area (TPSA) is 210 Å². The molecule has 0 bridgehead atoms. The highest BCUT2D eigenvalue weighted by molar-refractivity contribution is 7.72. The molecule has 1 saturated heterocycles. The van der Waals surface area contributed by atoms with Crippen LogP contribution >= 0.6 is 47.9 Å². The molecule has 1 aromatic rings. The molecule has 3 unspecified atom stereocenters. The van der Waals surface area contributed by atoms with Crippen molar-refractivity contribution in [1.29, 1.82) is 0 Å². The van der Waals surface area contributed by atoms with E-state index in [1.54, 1.807) is 0 Å². The van der Waals surface area contributed by atoms with E-state index in [0.29, 0.717) is 0 Å². The minimum Gasteiger partial charge on any atom is -0.382 e. The molecule has 14 nitrogen and oxygen atoms in total. The van der Waals surface area contributed by atoms with Gasteiger partial charge in [0.15, 0.2) is 23.0 Å². The normalized spacial score (nSPS) is 30.6. The van der Waals surface area contributed by atoms with Gasteiger partial charge in [0.1, 0.15) is 16.3 Å². The van der Waals surface area contributed by atoms with Crippen LogP contribution in [0.5, 0.6) is 0 Å². The van der Waals surface area contributed by atoms with E-state index >= 15 is 0 Å². The van der Waals surface area contributed by atoms with Gasteiger partial charge in [-0.1, -0.05) is 12.2 Å². The fourth-order valence-electron chi connectivity index (χ4n) is 2.46. The maximum Gasteiger partial charge on any atom is 0.490 e. The lowest BCUT2D eigenvalue weighted by Gasteiger charge is -2.27. The van der Waals surface area contributed by atoms with Crippen molar-refractivity contribution in [2.45, 2.75) is 31.0 Å². The number of aliphatic hydroxyl groups is 1. The quantitative estimate of drug-likeness (QED) is 0.201. The minimum absolute atomic E-state index is 0.252. The van der Waals surface area contributed by atoms with Crippen LogP contribution in [0.25, 0.3) is 0 Å². The first-order chi connectivity index (χ1) is 13.8. The molecular formula is C10H15F2N2O12P3S2. The van der Waals surface area contributed by atoms with Gasteiger partial charge >= 0.3 is 23.5 Å². The molecule has 6 atom stereocenters. The van der Waals surface area contributed by atoms with Gasteiger partial charge in [-0.3, -0.25) is 9.09 Å². The van der Waals surface area contributed by atoms with E-state index < -0.39 is 60.0 Å². The summed E-state index contributed by atoms with van der Waals surface area (Å²) >= 11 is 9.59. The van der Waals surface area contributed by atoms with Crippen LogP contribution in [0.15, 0.2) is 6.20 Å². The van der Waals surface area contributed by atoms with Gasteiger partial charge in [0.2, 0.25) is 0 Å². The first-order valence-electron chi connectivity index (χ1n) is 7.66. The Balaban J connectivity index is 2.17. The molecular weight excluding hydrogens is 535 g/mol. The van der Waals surface area contributed by atoms with E-state index in [1.807, 2.05) is 0 Å². The molecule has 6 N–H and O–H groups in total. The number of ether oxygens (including phenoxy) is 1. The Hall–Kier alpha value is -0.290. The number of hydrogen-bond acceptors (Lipinski definition) is 10.